The van der Waals surface area contributed by atoms with Gasteiger partial charge in [0, 0.05) is 0 Å². The Morgan fingerprint density at radius 2 is 0.159 bits per heavy atom. The molecule has 1 saturated heterocycles. The summed E-state index contributed by atoms with van der Waals surface area (Å²) in [5.74, 6) is 0. The number of aliphatic hydroxyl groups is 24. The monoisotopic (exact) mass is 1310 g/mol. The summed E-state index contributed by atoms with van der Waals surface area (Å²) in [4.78, 5) is 0. The third-order valence-corrected chi connectivity index (χ3v) is 12.6. The van der Waals surface area contributed by atoms with E-state index in [1.54, 1.807) is 0 Å². The van der Waals surface area contributed by atoms with Gasteiger partial charge in [0.1, 0.15) is 97.7 Å². The summed E-state index contributed by atoms with van der Waals surface area (Å²) in [7, 11) is 0. The zero-order valence-electron chi connectivity index (χ0n) is 48.1. The van der Waals surface area contributed by atoms with Crippen LogP contribution >= 0.6 is 0 Å². The van der Waals surface area contributed by atoms with E-state index in [1.807, 2.05) is 0 Å². The van der Waals surface area contributed by atoms with Crippen LogP contribution in [0.3, 0.4) is 0 Å². The van der Waals surface area contributed by atoms with E-state index in [9.17, 15) is 123 Å². The van der Waals surface area contributed by atoms with Crippen LogP contribution in [0.5, 0.6) is 0 Å². The molecule has 0 aromatic heterocycles. The Kier molecular flexibility index (Phi) is 47.9. The van der Waals surface area contributed by atoms with Gasteiger partial charge in [0.2, 0.25) is 0 Å². The first-order chi connectivity index (χ1) is 42.5. The minimum absolute atomic E-state index is 1.06. The Balaban J connectivity index is 3.89. The minimum Gasteiger partial charge on any atom is -0.394 e. The predicted octanol–water partition coefficient (Wildman–Crippen LogP) is -15.4. The second-order valence-corrected chi connectivity index (χ2v) is 18.6. The molecule has 1 heterocycles. The van der Waals surface area contributed by atoms with Crippen molar-refractivity contribution in [1.29, 1.82) is 0 Å². The zero-order chi connectivity index (χ0) is 66.1. The Morgan fingerprint density at radius 3 is 0.193 bits per heavy atom. The van der Waals surface area contributed by atoms with Gasteiger partial charge in [-0.3, -0.25) is 0 Å². The molecule has 0 spiro atoms. The van der Waals surface area contributed by atoms with Gasteiger partial charge < -0.3 is 198 Å². The van der Waals surface area contributed by atoms with Crippen LogP contribution in [-0.4, -0.2) is 429 Å². The maximum absolute atomic E-state index is 10.3. The lowest BCUT2D eigenvalue weighted by molar-refractivity contribution is -0.315. The molecule has 0 aliphatic carbocycles. The van der Waals surface area contributed by atoms with Gasteiger partial charge in [0.15, 0.2) is 50.3 Å². The van der Waals surface area contributed by atoms with Gasteiger partial charge in [-0.25, -0.2) is 0 Å². The van der Waals surface area contributed by atoms with Crippen LogP contribution in [-0.2, 0) is 75.8 Å². The summed E-state index contributed by atoms with van der Waals surface area (Å²) < 4.78 is 89.6. The van der Waals surface area contributed by atoms with Crippen molar-refractivity contribution in [3.05, 3.63) is 0 Å². The van der Waals surface area contributed by atoms with E-state index in [1.165, 1.54) is 0 Å². The molecule has 1 fully saturated rings. The Bertz CT molecular complexity index is 1180. The quantitative estimate of drug-likeness (QED) is 0.0427. The van der Waals surface area contributed by atoms with Crippen LogP contribution < -0.4 is 0 Å². The van der Waals surface area contributed by atoms with Gasteiger partial charge in [-0.1, -0.05) is 0 Å². The molecule has 1 aliphatic rings. The van der Waals surface area contributed by atoms with Gasteiger partial charge in [-0.2, -0.15) is 0 Å². The van der Waals surface area contributed by atoms with E-state index < -0.39 is 307 Å². The SMILES string of the molecule is OCC1OC(CO)[C@H](CO)OC(CO)OC(CO)[C@H](CO)OC(CO)O[C@H](CO)C(CO)OC(CO)OC(CO)[C@H](CO)OC(CO)O[C@H](CO)[C@H](CO)OC(CO)O[C@H](CO)C(CO)OC(CO)OC(CO)[C@H](CO)OC(CO)O[C@H](CO)C(CO)O1. The van der Waals surface area contributed by atoms with Gasteiger partial charge in [-0.05, 0) is 0 Å². The molecule has 40 heteroatoms. The minimum atomic E-state index is -1.91. The summed E-state index contributed by atoms with van der Waals surface area (Å²) in [6.45, 7) is -25.8. The number of aliphatic hydroxyl groups excluding tert-OH is 24. The van der Waals surface area contributed by atoms with Crippen LogP contribution in [0, 0.1) is 0 Å². The van der Waals surface area contributed by atoms with Crippen molar-refractivity contribution in [2.45, 2.75) is 148 Å². The zero-order valence-corrected chi connectivity index (χ0v) is 48.1. The first-order valence-electron chi connectivity index (χ1n) is 27.6. The first-order valence-corrected chi connectivity index (χ1v) is 27.6. The molecule has 15 unspecified atom stereocenters. The molecule has 88 heavy (non-hydrogen) atoms. The van der Waals surface area contributed by atoms with E-state index in [0.717, 1.165) is 0 Å². The second-order valence-electron chi connectivity index (χ2n) is 18.6. The van der Waals surface area contributed by atoms with Gasteiger partial charge in [0.25, 0.3) is 0 Å². The molecule has 528 valence electrons. The summed E-state index contributed by atoms with van der Waals surface area (Å²) in [6.07, 6.45) is -43.1. The molecule has 24 atom stereocenters. The normalized spacial score (nSPS) is 37.9. The highest BCUT2D eigenvalue weighted by Gasteiger charge is 2.40. The van der Waals surface area contributed by atoms with Crippen molar-refractivity contribution in [1.82, 2.24) is 0 Å². The molecular formula is C48H96O40. The summed E-state index contributed by atoms with van der Waals surface area (Å²) in [5, 5.41) is 247. The maximum atomic E-state index is 10.3. The van der Waals surface area contributed by atoms with Crippen molar-refractivity contribution in [3.8, 4) is 0 Å². The van der Waals surface area contributed by atoms with Crippen molar-refractivity contribution in [2.24, 2.45) is 0 Å². The third-order valence-electron chi connectivity index (χ3n) is 12.6. The highest BCUT2D eigenvalue weighted by Crippen LogP contribution is 2.23. The maximum Gasteiger partial charge on any atom is 0.181 e. The third kappa shape index (κ3) is 29.0. The van der Waals surface area contributed by atoms with Crippen molar-refractivity contribution < 1.29 is 198 Å². The van der Waals surface area contributed by atoms with Crippen LogP contribution in [0.4, 0.5) is 0 Å². The summed E-state index contributed by atoms with van der Waals surface area (Å²) in [5.41, 5.74) is 0. The Hall–Kier alpha value is -1.60. The number of hydrogen-bond acceptors (Lipinski definition) is 40. The molecule has 0 saturated carbocycles. The largest absolute Gasteiger partial charge is 0.394 e. The van der Waals surface area contributed by atoms with Crippen molar-refractivity contribution in [3.63, 3.8) is 0 Å². The predicted molar refractivity (Wildman–Crippen MR) is 278 cm³/mol. The molecular weight excluding hydrogens is 1220 g/mol. The fraction of sp³-hybridized carbons (Fsp3) is 1.00. The van der Waals surface area contributed by atoms with E-state index in [2.05, 4.69) is 0 Å². The topological polar surface area (TPSA) is 633 Å². The molecule has 1 aliphatic heterocycles. The molecule has 0 aromatic rings. The fourth-order valence-electron chi connectivity index (χ4n) is 8.04. The summed E-state index contributed by atoms with van der Waals surface area (Å²) in [6, 6.07) is 0. The lowest BCUT2D eigenvalue weighted by atomic mass is 10.2. The van der Waals surface area contributed by atoms with Gasteiger partial charge >= 0.3 is 0 Å². The molecule has 0 amide bonds. The Morgan fingerprint density at radius 1 is 0.102 bits per heavy atom. The number of ether oxygens (including phenoxy) is 16. The molecule has 1 rings (SSSR count). The van der Waals surface area contributed by atoms with E-state index in [-0.39, 0.29) is 0 Å². The van der Waals surface area contributed by atoms with Gasteiger partial charge in [0.05, 0.1) is 159 Å². The lowest BCUT2D eigenvalue weighted by Crippen LogP contribution is -2.51. The van der Waals surface area contributed by atoms with Gasteiger partial charge in [-0.15, -0.1) is 0 Å². The molecule has 0 aromatic carbocycles. The standard InChI is InChI=1S/C48H96O40/c49-1-25-26(2-50)74-42(18-66)76-29(5-53)30(6-54)78-44(20-68)80-33(9-57)34(10-58)82-46(22-70)84-37(13-61)38(14-62)86-48(24-72)88-40(16-64)39(15-63)87-47(23-71)85-36(12-60)35(11-59)83-45(21-69)81-32(8-56)31(7-55)79-43(19-67)77-28(4-52)27(3-51)75-41(17-65)73-25/h25-72H,1-24H2/t25-,26+,27+,28?,29-,30?,31?,32-,33?,34+,35+,36?,37-,38?,39+,40?,41?,42?,43?,44?,45?,46?,47?,48?/m1/s1. The van der Waals surface area contributed by atoms with Crippen molar-refractivity contribution in [2.75, 3.05) is 159 Å². The lowest BCUT2D eigenvalue weighted by Gasteiger charge is -2.36. The number of hydrogen-bond donors (Lipinski definition) is 24. The van der Waals surface area contributed by atoms with Crippen LogP contribution in [0.1, 0.15) is 0 Å². The fourth-order valence-corrected chi connectivity index (χ4v) is 8.04. The van der Waals surface area contributed by atoms with Crippen molar-refractivity contribution >= 4 is 0 Å². The van der Waals surface area contributed by atoms with Crippen LogP contribution in [0.15, 0.2) is 0 Å². The smallest absolute Gasteiger partial charge is 0.181 e. The Labute approximate surface area is 504 Å². The average molecular weight is 1310 g/mol. The van der Waals surface area contributed by atoms with E-state index in [4.69, 9.17) is 75.8 Å². The molecule has 0 radical (unpaired) electrons. The van der Waals surface area contributed by atoms with E-state index >= 15 is 0 Å². The molecule has 40 nitrogen and oxygen atoms in total. The summed E-state index contributed by atoms with van der Waals surface area (Å²) >= 11 is 0. The van der Waals surface area contributed by atoms with Crippen LogP contribution in [0.25, 0.3) is 0 Å². The second kappa shape index (κ2) is 49.9. The number of rotatable bonds is 24. The average Bonchev–Trinajstić information content (AvgIpc) is 3.74. The molecule has 0 bridgehead atoms. The highest BCUT2D eigenvalue weighted by molar-refractivity contribution is 4.81. The van der Waals surface area contributed by atoms with E-state index in [0.29, 0.717) is 0 Å². The highest BCUT2D eigenvalue weighted by atomic mass is 16.8. The first kappa shape index (κ1) is 84.4. The molecule has 24 N–H and O–H groups in total. The van der Waals surface area contributed by atoms with Crippen LogP contribution in [0.2, 0.25) is 0 Å².